The van der Waals surface area contributed by atoms with E-state index in [0.717, 1.165) is 25.3 Å². The maximum Gasteiger partial charge on any atom is 0.137 e. The van der Waals surface area contributed by atoms with Crippen molar-refractivity contribution in [2.75, 3.05) is 31.1 Å². The highest BCUT2D eigenvalue weighted by molar-refractivity contribution is 9.10. The summed E-state index contributed by atoms with van der Waals surface area (Å²) in [4.78, 5) is 4.95. The topological polar surface area (TPSA) is 6.48 Å². The molecule has 2 nitrogen and oxygen atoms in total. The molecule has 0 N–H and O–H groups in total. The zero-order valence-electron chi connectivity index (χ0n) is 9.70. The molecule has 0 radical (unpaired) electrons. The lowest BCUT2D eigenvalue weighted by Crippen LogP contribution is -2.50. The third-order valence-corrected chi connectivity index (χ3v) is 4.46. The maximum absolute atomic E-state index is 13.2. The smallest absolute Gasteiger partial charge is 0.137 e. The number of nitrogens with zero attached hydrogens (tertiary/aromatic N) is 2. The van der Waals surface area contributed by atoms with Crippen molar-refractivity contribution in [3.63, 3.8) is 0 Å². The molecule has 0 aliphatic carbocycles. The Kier molecular flexibility index (Phi) is 3.09. The number of halogens is 2. The number of anilines is 1. The highest BCUT2D eigenvalue weighted by Crippen LogP contribution is 2.28. The molecule has 0 amide bonds. The Morgan fingerprint density at radius 2 is 2.12 bits per heavy atom. The van der Waals surface area contributed by atoms with Gasteiger partial charge >= 0.3 is 0 Å². The summed E-state index contributed by atoms with van der Waals surface area (Å²) in [6, 6.07) is 6.01. The van der Waals surface area contributed by atoms with Crippen molar-refractivity contribution in [2.24, 2.45) is 0 Å². The van der Waals surface area contributed by atoms with Gasteiger partial charge in [-0.1, -0.05) is 0 Å². The van der Waals surface area contributed by atoms with E-state index in [4.69, 9.17) is 0 Å². The van der Waals surface area contributed by atoms with Crippen LogP contribution < -0.4 is 4.90 Å². The van der Waals surface area contributed by atoms with Crippen LogP contribution in [0, 0.1) is 5.82 Å². The first-order valence-electron chi connectivity index (χ1n) is 6.18. The van der Waals surface area contributed by atoms with Gasteiger partial charge in [0.15, 0.2) is 0 Å². The molecule has 2 fully saturated rings. The van der Waals surface area contributed by atoms with Gasteiger partial charge in [0.1, 0.15) is 5.82 Å². The van der Waals surface area contributed by atoms with Gasteiger partial charge in [-0.2, -0.15) is 0 Å². The van der Waals surface area contributed by atoms with Crippen LogP contribution in [0.4, 0.5) is 10.1 Å². The highest BCUT2D eigenvalue weighted by Gasteiger charge is 2.30. The molecule has 2 heterocycles. The second-order valence-electron chi connectivity index (χ2n) is 4.88. The zero-order chi connectivity index (χ0) is 11.8. The van der Waals surface area contributed by atoms with Gasteiger partial charge in [0, 0.05) is 31.4 Å². The largest absolute Gasteiger partial charge is 0.369 e. The van der Waals surface area contributed by atoms with Crippen molar-refractivity contribution in [1.29, 1.82) is 0 Å². The molecule has 1 aromatic rings. The number of rotatable bonds is 1. The highest BCUT2D eigenvalue weighted by atomic mass is 79.9. The lowest BCUT2D eigenvalue weighted by Gasteiger charge is -2.38. The molecule has 92 valence electrons. The number of piperazine rings is 1. The minimum absolute atomic E-state index is 0.187. The zero-order valence-corrected chi connectivity index (χ0v) is 11.3. The van der Waals surface area contributed by atoms with Crippen LogP contribution in [0.2, 0.25) is 0 Å². The quantitative estimate of drug-likeness (QED) is 0.787. The number of benzene rings is 1. The number of hydrogen-bond donors (Lipinski definition) is 0. The molecule has 1 aromatic carbocycles. The Hall–Kier alpha value is -0.610. The molecule has 0 aromatic heterocycles. The third-order valence-electron chi connectivity index (χ3n) is 3.86. The van der Waals surface area contributed by atoms with E-state index in [-0.39, 0.29) is 5.82 Å². The van der Waals surface area contributed by atoms with E-state index < -0.39 is 0 Å². The molecule has 1 atom stereocenters. The first-order valence-corrected chi connectivity index (χ1v) is 6.97. The fourth-order valence-electron chi connectivity index (χ4n) is 2.91. The van der Waals surface area contributed by atoms with Crippen LogP contribution >= 0.6 is 15.9 Å². The van der Waals surface area contributed by atoms with Crippen LogP contribution in [-0.4, -0.2) is 37.1 Å². The van der Waals surface area contributed by atoms with Crippen molar-refractivity contribution in [1.82, 2.24) is 4.90 Å². The van der Waals surface area contributed by atoms with Gasteiger partial charge in [-0.15, -0.1) is 0 Å². The lowest BCUT2D eigenvalue weighted by atomic mass is 10.1. The summed E-state index contributed by atoms with van der Waals surface area (Å²) in [6.45, 7) is 4.53. The SMILES string of the molecule is Fc1ccc(N2CCN3CCCC3C2)cc1Br. The van der Waals surface area contributed by atoms with Gasteiger partial charge < -0.3 is 4.90 Å². The number of fused-ring (bicyclic) bond motifs is 1. The van der Waals surface area contributed by atoms with E-state index in [9.17, 15) is 4.39 Å². The van der Waals surface area contributed by atoms with E-state index in [0.29, 0.717) is 10.5 Å². The Morgan fingerprint density at radius 1 is 1.24 bits per heavy atom. The Labute approximate surface area is 110 Å². The van der Waals surface area contributed by atoms with Crippen LogP contribution in [-0.2, 0) is 0 Å². The molecular formula is C13H16BrFN2. The minimum Gasteiger partial charge on any atom is -0.369 e. The first kappa shape index (κ1) is 11.5. The van der Waals surface area contributed by atoms with Gasteiger partial charge in [-0.05, 0) is 53.5 Å². The van der Waals surface area contributed by atoms with Crippen molar-refractivity contribution in [3.05, 3.63) is 28.5 Å². The molecule has 0 saturated carbocycles. The normalized spacial score (nSPS) is 25.1. The van der Waals surface area contributed by atoms with E-state index in [1.165, 1.54) is 19.4 Å². The second kappa shape index (κ2) is 4.58. The summed E-state index contributed by atoms with van der Waals surface area (Å²) in [5.74, 6) is -0.187. The summed E-state index contributed by atoms with van der Waals surface area (Å²) in [5.41, 5.74) is 1.13. The third kappa shape index (κ3) is 2.20. The minimum atomic E-state index is -0.187. The Balaban J connectivity index is 1.78. The average molecular weight is 299 g/mol. The molecule has 17 heavy (non-hydrogen) atoms. The van der Waals surface area contributed by atoms with E-state index >= 15 is 0 Å². The van der Waals surface area contributed by atoms with Crippen LogP contribution in [0.1, 0.15) is 12.8 Å². The van der Waals surface area contributed by atoms with Crippen LogP contribution in [0.3, 0.4) is 0 Å². The predicted octanol–water partition coefficient (Wildman–Crippen LogP) is 2.87. The van der Waals surface area contributed by atoms with Crippen LogP contribution in [0.15, 0.2) is 22.7 Å². The van der Waals surface area contributed by atoms with Crippen LogP contribution in [0.25, 0.3) is 0 Å². The van der Waals surface area contributed by atoms with Gasteiger partial charge in [0.05, 0.1) is 4.47 Å². The summed E-state index contributed by atoms with van der Waals surface area (Å²) >= 11 is 3.26. The molecule has 3 rings (SSSR count). The lowest BCUT2D eigenvalue weighted by molar-refractivity contribution is 0.231. The average Bonchev–Trinajstić information content (AvgIpc) is 2.79. The van der Waals surface area contributed by atoms with Gasteiger partial charge in [-0.3, -0.25) is 4.90 Å². The summed E-state index contributed by atoms with van der Waals surface area (Å²) in [5, 5.41) is 0. The van der Waals surface area contributed by atoms with Crippen LogP contribution in [0.5, 0.6) is 0 Å². The van der Waals surface area contributed by atoms with Crippen molar-refractivity contribution in [3.8, 4) is 0 Å². The van der Waals surface area contributed by atoms with Gasteiger partial charge in [0.2, 0.25) is 0 Å². The van der Waals surface area contributed by atoms with Gasteiger partial charge in [-0.25, -0.2) is 4.39 Å². The standard InChI is InChI=1S/C13H16BrFN2/c14-12-8-10(3-4-13(12)15)17-7-6-16-5-1-2-11(16)9-17/h3-4,8,11H,1-2,5-7,9H2. The maximum atomic E-state index is 13.2. The Morgan fingerprint density at radius 3 is 2.94 bits per heavy atom. The van der Waals surface area contributed by atoms with E-state index in [2.05, 4.69) is 25.7 Å². The van der Waals surface area contributed by atoms with Crippen molar-refractivity contribution < 1.29 is 4.39 Å². The fraction of sp³-hybridized carbons (Fsp3) is 0.538. The summed E-state index contributed by atoms with van der Waals surface area (Å²) in [7, 11) is 0. The molecular weight excluding hydrogens is 283 g/mol. The second-order valence-corrected chi connectivity index (χ2v) is 5.73. The van der Waals surface area contributed by atoms with Crippen molar-refractivity contribution >= 4 is 21.6 Å². The molecule has 1 unspecified atom stereocenters. The van der Waals surface area contributed by atoms with E-state index in [1.54, 1.807) is 6.07 Å². The molecule has 4 heteroatoms. The summed E-state index contributed by atoms with van der Waals surface area (Å²) in [6.07, 6.45) is 2.63. The van der Waals surface area contributed by atoms with Gasteiger partial charge in [0.25, 0.3) is 0 Å². The summed E-state index contributed by atoms with van der Waals surface area (Å²) < 4.78 is 13.8. The fourth-order valence-corrected chi connectivity index (χ4v) is 3.27. The molecule has 0 spiro atoms. The predicted molar refractivity (Wildman–Crippen MR) is 70.9 cm³/mol. The van der Waals surface area contributed by atoms with Crippen molar-refractivity contribution in [2.45, 2.75) is 18.9 Å². The Bertz CT molecular complexity index is 424. The monoisotopic (exact) mass is 298 g/mol. The number of hydrogen-bond acceptors (Lipinski definition) is 2. The first-order chi connectivity index (χ1) is 8.24. The molecule has 0 bridgehead atoms. The molecule has 2 saturated heterocycles. The molecule has 2 aliphatic heterocycles. The molecule has 2 aliphatic rings. The van der Waals surface area contributed by atoms with E-state index in [1.807, 2.05) is 12.1 Å².